The van der Waals surface area contributed by atoms with Crippen LogP contribution in [0.2, 0.25) is 0 Å². The van der Waals surface area contributed by atoms with Crippen molar-refractivity contribution in [3.05, 3.63) is 6.20 Å². The van der Waals surface area contributed by atoms with Crippen molar-refractivity contribution in [2.24, 2.45) is 0 Å². The standard InChI is InChI=1S/C5H9N3O2S/c1-2-11(9,10)5-7-3-4(6)8-5/h3H,2,6H2,1H3,(H,7,8). The summed E-state index contributed by atoms with van der Waals surface area (Å²) in [5.74, 6) is 0.289. The Bertz CT molecular complexity index is 340. The Hall–Kier alpha value is -1.04. The van der Waals surface area contributed by atoms with Crippen LogP contribution in [0.3, 0.4) is 0 Å². The first-order chi connectivity index (χ1) is 5.06. The molecule has 0 radical (unpaired) electrons. The summed E-state index contributed by atoms with van der Waals surface area (Å²) >= 11 is 0. The molecule has 0 saturated carbocycles. The molecule has 5 nitrogen and oxygen atoms in total. The third-order valence-corrected chi connectivity index (χ3v) is 2.80. The van der Waals surface area contributed by atoms with E-state index >= 15 is 0 Å². The average Bonchev–Trinajstić information content (AvgIpc) is 2.36. The lowest BCUT2D eigenvalue weighted by atomic mass is 10.8. The first kappa shape index (κ1) is 8.06. The summed E-state index contributed by atoms with van der Waals surface area (Å²) in [4.78, 5) is 6.04. The molecule has 0 saturated heterocycles. The van der Waals surface area contributed by atoms with Gasteiger partial charge in [0.2, 0.25) is 15.0 Å². The summed E-state index contributed by atoms with van der Waals surface area (Å²) in [6, 6.07) is 0. The van der Waals surface area contributed by atoms with E-state index in [1.807, 2.05) is 0 Å². The van der Waals surface area contributed by atoms with Gasteiger partial charge >= 0.3 is 0 Å². The molecular formula is C5H9N3O2S. The van der Waals surface area contributed by atoms with Crippen LogP contribution in [-0.2, 0) is 9.84 Å². The van der Waals surface area contributed by atoms with Gasteiger partial charge in [0.05, 0.1) is 11.9 Å². The van der Waals surface area contributed by atoms with Crippen LogP contribution in [0, 0.1) is 0 Å². The number of imidazole rings is 1. The maximum atomic E-state index is 11.1. The fourth-order valence-electron chi connectivity index (χ4n) is 0.611. The lowest BCUT2D eigenvalue weighted by molar-refractivity contribution is 0.590. The van der Waals surface area contributed by atoms with Gasteiger partial charge in [-0.25, -0.2) is 13.4 Å². The highest BCUT2D eigenvalue weighted by Crippen LogP contribution is 2.06. The van der Waals surface area contributed by atoms with Gasteiger partial charge in [-0.1, -0.05) is 6.92 Å². The monoisotopic (exact) mass is 175 g/mol. The third-order valence-electron chi connectivity index (χ3n) is 1.25. The van der Waals surface area contributed by atoms with Gasteiger partial charge in [0.25, 0.3) is 0 Å². The fraction of sp³-hybridized carbons (Fsp3) is 0.400. The number of nitrogens with two attached hydrogens (primary N) is 1. The molecule has 0 aliphatic rings. The number of nitrogen functional groups attached to an aromatic ring is 1. The first-order valence-electron chi connectivity index (χ1n) is 3.09. The zero-order valence-corrected chi connectivity index (χ0v) is 6.85. The summed E-state index contributed by atoms with van der Waals surface area (Å²) in [5, 5.41) is -0.0579. The molecule has 0 bridgehead atoms. The minimum absolute atomic E-state index is 0.0277. The van der Waals surface area contributed by atoms with Gasteiger partial charge in [-0.3, -0.25) is 0 Å². The minimum Gasteiger partial charge on any atom is -0.384 e. The number of hydrogen-bond acceptors (Lipinski definition) is 4. The number of anilines is 1. The van der Waals surface area contributed by atoms with Crippen molar-refractivity contribution >= 4 is 15.7 Å². The van der Waals surface area contributed by atoms with E-state index in [1.165, 1.54) is 6.20 Å². The van der Waals surface area contributed by atoms with Crippen LogP contribution in [0.1, 0.15) is 6.92 Å². The van der Waals surface area contributed by atoms with Crippen molar-refractivity contribution in [3.63, 3.8) is 0 Å². The summed E-state index contributed by atoms with van der Waals surface area (Å²) < 4.78 is 22.1. The number of aromatic nitrogens is 2. The van der Waals surface area contributed by atoms with Crippen molar-refractivity contribution in [1.82, 2.24) is 9.97 Å². The number of hydrogen-bond donors (Lipinski definition) is 2. The second kappa shape index (κ2) is 2.54. The van der Waals surface area contributed by atoms with Crippen LogP contribution >= 0.6 is 0 Å². The summed E-state index contributed by atoms with van der Waals surface area (Å²) in [7, 11) is -3.22. The zero-order valence-electron chi connectivity index (χ0n) is 6.03. The number of sulfone groups is 1. The van der Waals surface area contributed by atoms with Gasteiger partial charge in [0.1, 0.15) is 5.82 Å². The molecule has 1 rings (SSSR count). The summed E-state index contributed by atoms with van der Waals surface area (Å²) in [6.07, 6.45) is 1.28. The zero-order chi connectivity index (χ0) is 8.48. The number of nitrogens with one attached hydrogen (secondary N) is 1. The summed E-state index contributed by atoms with van der Waals surface area (Å²) in [6.45, 7) is 1.55. The number of rotatable bonds is 2. The molecule has 62 valence electrons. The Kier molecular flexibility index (Phi) is 1.86. The Morgan fingerprint density at radius 3 is 2.73 bits per heavy atom. The van der Waals surface area contributed by atoms with Crippen molar-refractivity contribution < 1.29 is 8.42 Å². The largest absolute Gasteiger partial charge is 0.384 e. The minimum atomic E-state index is -3.22. The Labute approximate surface area is 64.6 Å². The van der Waals surface area contributed by atoms with Gasteiger partial charge < -0.3 is 10.7 Å². The molecule has 0 aliphatic carbocycles. The Morgan fingerprint density at radius 1 is 1.73 bits per heavy atom. The van der Waals surface area contributed by atoms with E-state index in [9.17, 15) is 8.42 Å². The molecule has 6 heteroatoms. The highest BCUT2D eigenvalue weighted by Gasteiger charge is 2.14. The third kappa shape index (κ3) is 1.51. The topological polar surface area (TPSA) is 88.8 Å². The lowest BCUT2D eigenvalue weighted by Crippen LogP contribution is -2.05. The maximum absolute atomic E-state index is 11.1. The van der Waals surface area contributed by atoms with Crippen molar-refractivity contribution in [3.8, 4) is 0 Å². The van der Waals surface area contributed by atoms with E-state index in [-0.39, 0.29) is 16.7 Å². The van der Waals surface area contributed by atoms with E-state index in [2.05, 4.69) is 9.97 Å². The molecule has 0 unspecified atom stereocenters. The molecule has 0 amide bonds. The molecule has 1 heterocycles. The van der Waals surface area contributed by atoms with E-state index in [4.69, 9.17) is 5.73 Å². The van der Waals surface area contributed by atoms with E-state index < -0.39 is 9.84 Å². The Balaban J connectivity index is 3.13. The van der Waals surface area contributed by atoms with Gasteiger partial charge in [-0.2, -0.15) is 0 Å². The van der Waals surface area contributed by atoms with Crippen LogP contribution in [0.25, 0.3) is 0 Å². The van der Waals surface area contributed by atoms with E-state index in [0.29, 0.717) is 0 Å². The van der Waals surface area contributed by atoms with Crippen LogP contribution in [0.5, 0.6) is 0 Å². The van der Waals surface area contributed by atoms with E-state index in [0.717, 1.165) is 0 Å². The van der Waals surface area contributed by atoms with Crippen LogP contribution in [0.15, 0.2) is 11.4 Å². The van der Waals surface area contributed by atoms with Gasteiger partial charge in [-0.05, 0) is 0 Å². The molecular weight excluding hydrogens is 166 g/mol. The molecule has 1 aromatic rings. The average molecular weight is 175 g/mol. The van der Waals surface area contributed by atoms with Gasteiger partial charge in [0, 0.05) is 0 Å². The quantitative estimate of drug-likeness (QED) is 0.650. The SMILES string of the molecule is CCS(=O)(=O)c1ncc(N)[nH]1. The fourth-order valence-corrected chi connectivity index (χ4v) is 1.37. The normalized spacial score (nSPS) is 11.7. The molecule has 1 aromatic heterocycles. The smallest absolute Gasteiger partial charge is 0.226 e. The molecule has 0 fully saturated rings. The van der Waals surface area contributed by atoms with Crippen molar-refractivity contribution in [1.29, 1.82) is 0 Å². The predicted octanol–water partition coefficient (Wildman–Crippen LogP) is -0.215. The van der Waals surface area contributed by atoms with E-state index in [1.54, 1.807) is 6.92 Å². The molecule has 0 spiro atoms. The molecule has 0 aliphatic heterocycles. The predicted molar refractivity (Wildman–Crippen MR) is 40.7 cm³/mol. The van der Waals surface area contributed by atoms with Crippen LogP contribution in [0.4, 0.5) is 5.82 Å². The maximum Gasteiger partial charge on any atom is 0.226 e. The molecule has 0 aromatic carbocycles. The number of aromatic amines is 1. The second-order valence-corrected chi connectivity index (χ2v) is 4.24. The Morgan fingerprint density at radius 2 is 2.36 bits per heavy atom. The lowest BCUT2D eigenvalue weighted by Gasteiger charge is -1.92. The first-order valence-corrected chi connectivity index (χ1v) is 4.74. The molecule has 3 N–H and O–H groups in total. The second-order valence-electron chi connectivity index (χ2n) is 2.05. The van der Waals surface area contributed by atoms with Crippen molar-refractivity contribution in [2.75, 3.05) is 11.5 Å². The van der Waals surface area contributed by atoms with Gasteiger partial charge in [0.15, 0.2) is 0 Å². The highest BCUT2D eigenvalue weighted by molar-refractivity contribution is 7.91. The number of nitrogens with zero attached hydrogens (tertiary/aromatic N) is 1. The molecule has 11 heavy (non-hydrogen) atoms. The highest BCUT2D eigenvalue weighted by atomic mass is 32.2. The van der Waals surface area contributed by atoms with Gasteiger partial charge in [-0.15, -0.1) is 0 Å². The molecule has 0 atom stereocenters. The van der Waals surface area contributed by atoms with Crippen molar-refractivity contribution in [2.45, 2.75) is 12.1 Å². The van der Waals surface area contributed by atoms with Crippen LogP contribution in [-0.4, -0.2) is 24.1 Å². The van der Waals surface area contributed by atoms with Crippen LogP contribution < -0.4 is 5.73 Å². The number of H-pyrrole nitrogens is 1. The summed E-state index contributed by atoms with van der Waals surface area (Å²) in [5.41, 5.74) is 5.25.